The van der Waals surface area contributed by atoms with E-state index in [0.717, 1.165) is 6.42 Å². The summed E-state index contributed by atoms with van der Waals surface area (Å²) in [7, 11) is 0. The van der Waals surface area contributed by atoms with Crippen molar-refractivity contribution in [1.29, 1.82) is 0 Å². The Labute approximate surface area is 216 Å². The van der Waals surface area contributed by atoms with Crippen molar-refractivity contribution in [2.45, 2.75) is 24.9 Å². The van der Waals surface area contributed by atoms with E-state index in [1.54, 1.807) is 52.6 Å². The Morgan fingerprint density at radius 3 is 2.43 bits per heavy atom. The van der Waals surface area contributed by atoms with Gasteiger partial charge in [-0.2, -0.15) is 15.0 Å². The topological polar surface area (TPSA) is 89.4 Å². The standard InChI is InChI=1S/C27H24FN5O3S/c28-19-3-7-21(8-4-19)36-22-9-5-20(6-10-22)31-26(35)27-15-24(27)18(14-23-2-1-13-37-23)16-32(27)25(34)17-33-29-11-12-30-33/h1-13,18,24H,14-17H2,(H,31,35)/t18-,24?,27?/m0/s1. The van der Waals surface area contributed by atoms with Gasteiger partial charge in [-0.3, -0.25) is 9.59 Å². The number of ether oxygens (including phenoxy) is 1. The summed E-state index contributed by atoms with van der Waals surface area (Å²) in [6, 6.07) is 16.9. The fourth-order valence-corrected chi connectivity index (χ4v) is 6.08. The second kappa shape index (κ2) is 9.44. The number of hydrogen-bond acceptors (Lipinski definition) is 6. The van der Waals surface area contributed by atoms with E-state index in [-0.39, 0.29) is 36.0 Å². The lowest BCUT2D eigenvalue weighted by Gasteiger charge is -2.28. The van der Waals surface area contributed by atoms with Crippen LogP contribution in [0, 0.1) is 17.7 Å². The average molecular weight is 518 g/mol. The molecular weight excluding hydrogens is 493 g/mol. The van der Waals surface area contributed by atoms with E-state index >= 15 is 0 Å². The van der Waals surface area contributed by atoms with Crippen LogP contribution < -0.4 is 10.1 Å². The molecule has 1 saturated heterocycles. The first-order valence-electron chi connectivity index (χ1n) is 12.0. The molecule has 3 heterocycles. The third-order valence-corrected chi connectivity index (χ3v) is 7.99. The highest BCUT2D eigenvalue weighted by Gasteiger charge is 2.71. The van der Waals surface area contributed by atoms with Crippen molar-refractivity contribution in [1.82, 2.24) is 19.9 Å². The summed E-state index contributed by atoms with van der Waals surface area (Å²) in [6.07, 6.45) is 4.54. The van der Waals surface area contributed by atoms with Crippen LogP contribution in [0.2, 0.25) is 0 Å². The number of anilines is 1. The molecule has 2 fully saturated rings. The van der Waals surface area contributed by atoms with Gasteiger partial charge in [-0.05, 0) is 84.7 Å². The summed E-state index contributed by atoms with van der Waals surface area (Å²) >= 11 is 1.70. The number of carbonyl (C=O) groups is 2. The van der Waals surface area contributed by atoms with Crippen molar-refractivity contribution in [3.05, 3.63) is 89.1 Å². The third kappa shape index (κ3) is 4.60. The van der Waals surface area contributed by atoms with Crippen LogP contribution in [0.4, 0.5) is 10.1 Å². The van der Waals surface area contributed by atoms with Gasteiger partial charge in [-0.15, -0.1) is 11.3 Å². The molecule has 0 spiro atoms. The first-order valence-corrected chi connectivity index (χ1v) is 12.9. The van der Waals surface area contributed by atoms with Crippen molar-refractivity contribution in [3.8, 4) is 11.5 Å². The van der Waals surface area contributed by atoms with Gasteiger partial charge in [0.1, 0.15) is 29.4 Å². The molecule has 2 amide bonds. The van der Waals surface area contributed by atoms with Crippen molar-refractivity contribution in [2.75, 3.05) is 11.9 Å². The van der Waals surface area contributed by atoms with Crippen LogP contribution in [-0.4, -0.2) is 43.8 Å². The summed E-state index contributed by atoms with van der Waals surface area (Å²) in [5.41, 5.74) is -0.255. The maximum Gasteiger partial charge on any atom is 0.250 e. The monoisotopic (exact) mass is 517 g/mol. The van der Waals surface area contributed by atoms with Gasteiger partial charge in [0, 0.05) is 17.1 Å². The fraction of sp³-hybridized carbons (Fsp3) is 0.259. The Morgan fingerprint density at radius 2 is 1.76 bits per heavy atom. The van der Waals surface area contributed by atoms with Crippen molar-refractivity contribution >= 4 is 28.8 Å². The molecule has 2 unspecified atom stereocenters. The molecule has 1 aliphatic carbocycles. The molecule has 188 valence electrons. The highest BCUT2D eigenvalue weighted by Crippen LogP contribution is 2.59. The number of benzene rings is 2. The zero-order valence-corrected chi connectivity index (χ0v) is 20.6. The molecule has 10 heteroatoms. The molecule has 2 aromatic heterocycles. The number of likely N-dealkylation sites (tertiary alicyclic amines) is 1. The largest absolute Gasteiger partial charge is 0.457 e. The number of aromatic nitrogens is 3. The second-order valence-electron chi connectivity index (χ2n) is 9.38. The fourth-order valence-electron chi connectivity index (χ4n) is 5.29. The predicted octanol–water partition coefficient (Wildman–Crippen LogP) is 4.37. The Morgan fingerprint density at radius 1 is 1.05 bits per heavy atom. The van der Waals surface area contributed by atoms with Crippen molar-refractivity contribution in [3.63, 3.8) is 0 Å². The lowest BCUT2D eigenvalue weighted by Crippen LogP contribution is -2.49. The minimum absolute atomic E-state index is 0.00407. The number of fused-ring (bicyclic) bond motifs is 1. The lowest BCUT2D eigenvalue weighted by atomic mass is 9.99. The number of carbonyl (C=O) groups excluding carboxylic acids is 2. The normalized spacial score (nSPS) is 21.9. The minimum atomic E-state index is -0.866. The molecule has 8 nitrogen and oxygen atoms in total. The van der Waals surface area contributed by atoms with Crippen LogP contribution in [0.15, 0.2) is 78.4 Å². The predicted molar refractivity (Wildman–Crippen MR) is 136 cm³/mol. The van der Waals surface area contributed by atoms with E-state index in [9.17, 15) is 14.0 Å². The molecule has 1 N–H and O–H groups in total. The summed E-state index contributed by atoms with van der Waals surface area (Å²) in [5.74, 6) is 0.719. The molecule has 6 rings (SSSR count). The number of hydrogen-bond donors (Lipinski definition) is 1. The van der Waals surface area contributed by atoms with E-state index < -0.39 is 5.54 Å². The highest BCUT2D eigenvalue weighted by atomic mass is 32.1. The van der Waals surface area contributed by atoms with Gasteiger partial charge < -0.3 is 15.0 Å². The Bertz CT molecular complexity index is 1390. The SMILES string of the molecule is O=C(Cn1nccn1)N1C[C@H](Cc2cccs2)C2CC21C(=O)Nc1ccc(Oc2ccc(F)cc2)cc1. The van der Waals surface area contributed by atoms with E-state index in [0.29, 0.717) is 30.2 Å². The number of amides is 2. The molecule has 2 aromatic carbocycles. The van der Waals surface area contributed by atoms with Crippen LogP contribution in [0.25, 0.3) is 0 Å². The molecule has 3 atom stereocenters. The lowest BCUT2D eigenvalue weighted by molar-refractivity contribution is -0.139. The van der Waals surface area contributed by atoms with Gasteiger partial charge in [0.15, 0.2) is 0 Å². The summed E-state index contributed by atoms with van der Waals surface area (Å²) < 4.78 is 18.9. The summed E-state index contributed by atoms with van der Waals surface area (Å²) in [4.78, 5) is 31.3. The zero-order chi connectivity index (χ0) is 25.4. The molecular formula is C27H24FN5O3S. The molecule has 1 saturated carbocycles. The molecule has 2 aliphatic rings. The number of piperidine rings is 1. The molecule has 4 aromatic rings. The quantitative estimate of drug-likeness (QED) is 0.375. The molecule has 1 aliphatic heterocycles. The van der Waals surface area contributed by atoms with Gasteiger partial charge in [-0.25, -0.2) is 4.39 Å². The maximum absolute atomic E-state index is 13.6. The number of rotatable bonds is 8. The van der Waals surface area contributed by atoms with E-state index in [1.165, 1.54) is 34.2 Å². The van der Waals surface area contributed by atoms with Crippen LogP contribution >= 0.6 is 11.3 Å². The zero-order valence-electron chi connectivity index (χ0n) is 19.8. The van der Waals surface area contributed by atoms with Crippen molar-refractivity contribution in [2.24, 2.45) is 11.8 Å². The maximum atomic E-state index is 13.6. The highest BCUT2D eigenvalue weighted by molar-refractivity contribution is 7.09. The van der Waals surface area contributed by atoms with Gasteiger partial charge in [0.25, 0.3) is 5.91 Å². The van der Waals surface area contributed by atoms with E-state index in [1.807, 2.05) is 11.4 Å². The van der Waals surface area contributed by atoms with Gasteiger partial charge >= 0.3 is 0 Å². The van der Waals surface area contributed by atoms with Crippen LogP contribution in [-0.2, 0) is 22.6 Å². The molecule has 0 bridgehead atoms. The average Bonchev–Trinajstić information content (AvgIpc) is 3.26. The summed E-state index contributed by atoms with van der Waals surface area (Å²) in [6.45, 7) is 0.524. The number of nitrogens with zero attached hydrogens (tertiary/aromatic N) is 4. The molecule has 0 radical (unpaired) electrons. The first kappa shape index (κ1) is 23.4. The van der Waals surface area contributed by atoms with Crippen LogP contribution in [0.5, 0.6) is 11.5 Å². The minimum Gasteiger partial charge on any atom is -0.457 e. The Balaban J connectivity index is 1.17. The van der Waals surface area contributed by atoms with Gasteiger partial charge in [0.05, 0.1) is 12.4 Å². The van der Waals surface area contributed by atoms with Crippen molar-refractivity contribution < 1.29 is 18.7 Å². The Hall–Kier alpha value is -4.05. The number of nitrogens with one attached hydrogen (secondary N) is 1. The van der Waals surface area contributed by atoms with Gasteiger partial charge in [-0.1, -0.05) is 6.07 Å². The number of thiophene rings is 1. The molecule has 37 heavy (non-hydrogen) atoms. The van der Waals surface area contributed by atoms with Crippen LogP contribution in [0.3, 0.4) is 0 Å². The number of halogens is 1. The second-order valence-corrected chi connectivity index (χ2v) is 10.4. The summed E-state index contributed by atoms with van der Waals surface area (Å²) in [5, 5.41) is 13.2. The third-order valence-electron chi connectivity index (χ3n) is 7.09. The van der Waals surface area contributed by atoms with E-state index in [4.69, 9.17) is 4.74 Å². The Kier molecular flexibility index (Phi) is 5.96. The van der Waals surface area contributed by atoms with Gasteiger partial charge in [0.2, 0.25) is 5.91 Å². The smallest absolute Gasteiger partial charge is 0.250 e. The van der Waals surface area contributed by atoms with E-state index in [2.05, 4.69) is 21.6 Å². The first-order chi connectivity index (χ1) is 18.0. The van der Waals surface area contributed by atoms with Crippen LogP contribution in [0.1, 0.15) is 11.3 Å².